The standard InChI is InChI=1S/C38H70O6/c1-2-3-4-5-6-7-8-9-10-11-12-13-14-15-16-17-18-19-20-21-22-23-24-25-26-27-28-29-30-31-32-44-37(41)34-35(38(42)43)33-36(39)40/h34H,2-33H2,1H3,(H,39,40)(H,42,43). The Bertz CT molecular complexity index is 701. The van der Waals surface area contributed by atoms with E-state index in [4.69, 9.17) is 14.9 Å². The fourth-order valence-electron chi connectivity index (χ4n) is 5.83. The summed E-state index contributed by atoms with van der Waals surface area (Å²) in [6.07, 6.45) is 40.8. The Morgan fingerprint density at radius 1 is 0.455 bits per heavy atom. The van der Waals surface area contributed by atoms with Gasteiger partial charge in [-0.15, -0.1) is 0 Å². The molecular formula is C38H70O6. The molecule has 0 aliphatic heterocycles. The second-order valence-corrected chi connectivity index (χ2v) is 13.0. The summed E-state index contributed by atoms with van der Waals surface area (Å²) in [6, 6.07) is 0. The minimum absolute atomic E-state index is 0.231. The van der Waals surface area contributed by atoms with Crippen molar-refractivity contribution >= 4 is 17.9 Å². The Morgan fingerprint density at radius 2 is 0.727 bits per heavy atom. The van der Waals surface area contributed by atoms with Gasteiger partial charge in [-0.3, -0.25) is 4.79 Å². The van der Waals surface area contributed by atoms with Crippen molar-refractivity contribution in [3.05, 3.63) is 11.6 Å². The number of esters is 1. The minimum atomic E-state index is -1.42. The number of carboxylic acid groups (broad SMARTS) is 2. The van der Waals surface area contributed by atoms with Crippen LogP contribution in [-0.2, 0) is 19.1 Å². The molecule has 44 heavy (non-hydrogen) atoms. The van der Waals surface area contributed by atoms with E-state index < -0.39 is 29.9 Å². The second-order valence-electron chi connectivity index (χ2n) is 13.0. The van der Waals surface area contributed by atoms with Crippen LogP contribution in [0.4, 0.5) is 0 Å². The molecule has 0 aliphatic carbocycles. The lowest BCUT2D eigenvalue weighted by Crippen LogP contribution is -2.11. The van der Waals surface area contributed by atoms with Crippen molar-refractivity contribution in [1.82, 2.24) is 0 Å². The van der Waals surface area contributed by atoms with Gasteiger partial charge in [0.25, 0.3) is 0 Å². The average molecular weight is 623 g/mol. The van der Waals surface area contributed by atoms with Crippen LogP contribution in [0.5, 0.6) is 0 Å². The molecule has 0 rings (SSSR count). The first-order valence-electron chi connectivity index (χ1n) is 18.8. The number of ether oxygens (including phenoxy) is 1. The monoisotopic (exact) mass is 623 g/mol. The quantitative estimate of drug-likeness (QED) is 0.0414. The summed E-state index contributed by atoms with van der Waals surface area (Å²) >= 11 is 0. The topological polar surface area (TPSA) is 101 Å². The molecule has 0 aromatic heterocycles. The third kappa shape index (κ3) is 33.1. The SMILES string of the molecule is CCCCCCCCCCCCCCCCCCCCCCCCCCCCCCCCOC(=O)C=C(CC(=O)O)C(=O)O. The Balaban J connectivity index is 3.24. The fourth-order valence-corrected chi connectivity index (χ4v) is 5.83. The summed E-state index contributed by atoms with van der Waals surface area (Å²) in [6.45, 7) is 2.52. The minimum Gasteiger partial charge on any atom is -0.481 e. The molecule has 0 saturated carbocycles. The highest BCUT2D eigenvalue weighted by atomic mass is 16.5. The molecule has 258 valence electrons. The van der Waals surface area contributed by atoms with E-state index in [9.17, 15) is 14.4 Å². The zero-order chi connectivity index (χ0) is 32.4. The predicted octanol–water partition coefficient (Wildman–Crippen LogP) is 11.7. The molecule has 6 nitrogen and oxygen atoms in total. The van der Waals surface area contributed by atoms with Gasteiger partial charge in [-0.1, -0.05) is 193 Å². The van der Waals surface area contributed by atoms with Gasteiger partial charge < -0.3 is 14.9 Å². The first-order valence-corrected chi connectivity index (χ1v) is 18.8. The van der Waals surface area contributed by atoms with Gasteiger partial charge in [0.2, 0.25) is 0 Å². The highest BCUT2D eigenvalue weighted by molar-refractivity contribution is 5.98. The number of hydrogen-bond acceptors (Lipinski definition) is 4. The molecule has 0 unspecified atom stereocenters. The zero-order valence-electron chi connectivity index (χ0n) is 28.7. The molecule has 0 aromatic rings. The normalized spacial score (nSPS) is 11.6. The lowest BCUT2D eigenvalue weighted by molar-refractivity contribution is -0.140. The lowest BCUT2D eigenvalue weighted by Gasteiger charge is -2.05. The van der Waals surface area contributed by atoms with Gasteiger partial charge in [-0.25, -0.2) is 9.59 Å². The fraction of sp³-hybridized carbons (Fsp3) is 0.868. The van der Waals surface area contributed by atoms with Crippen molar-refractivity contribution in [2.75, 3.05) is 6.61 Å². The van der Waals surface area contributed by atoms with Crippen molar-refractivity contribution in [3.63, 3.8) is 0 Å². The molecule has 0 aliphatic rings. The summed E-state index contributed by atoms with van der Waals surface area (Å²) in [5.41, 5.74) is -0.469. The zero-order valence-corrected chi connectivity index (χ0v) is 28.7. The number of carboxylic acids is 2. The number of unbranched alkanes of at least 4 members (excludes halogenated alkanes) is 29. The van der Waals surface area contributed by atoms with Crippen LogP contribution in [0.1, 0.15) is 206 Å². The first kappa shape index (κ1) is 42.1. The van der Waals surface area contributed by atoms with Crippen LogP contribution >= 0.6 is 0 Å². The van der Waals surface area contributed by atoms with E-state index in [1.165, 1.54) is 173 Å². The van der Waals surface area contributed by atoms with Crippen LogP contribution in [0.25, 0.3) is 0 Å². The van der Waals surface area contributed by atoms with Crippen LogP contribution in [0, 0.1) is 0 Å². The summed E-state index contributed by atoms with van der Waals surface area (Å²) in [7, 11) is 0. The molecule has 0 aromatic carbocycles. The molecule has 0 heterocycles. The number of carbonyl (C=O) groups excluding carboxylic acids is 1. The lowest BCUT2D eigenvalue weighted by atomic mass is 10.0. The van der Waals surface area contributed by atoms with E-state index in [0.29, 0.717) is 0 Å². The van der Waals surface area contributed by atoms with Crippen LogP contribution in [0.3, 0.4) is 0 Å². The molecule has 0 spiro atoms. The van der Waals surface area contributed by atoms with Crippen LogP contribution < -0.4 is 0 Å². The molecule has 6 heteroatoms. The third-order valence-corrected chi connectivity index (χ3v) is 8.65. The number of aliphatic carboxylic acids is 2. The van der Waals surface area contributed by atoms with Crippen molar-refractivity contribution in [3.8, 4) is 0 Å². The van der Waals surface area contributed by atoms with Gasteiger partial charge in [0, 0.05) is 6.08 Å². The summed E-state index contributed by atoms with van der Waals surface area (Å²) in [4.78, 5) is 33.2. The van der Waals surface area contributed by atoms with Gasteiger partial charge >= 0.3 is 17.9 Å². The number of rotatable bonds is 35. The molecule has 2 N–H and O–H groups in total. The largest absolute Gasteiger partial charge is 0.481 e. The average Bonchev–Trinajstić information content (AvgIpc) is 2.99. The van der Waals surface area contributed by atoms with Crippen LogP contribution in [0.15, 0.2) is 11.6 Å². The Kier molecular flexibility index (Phi) is 32.6. The molecule has 0 atom stereocenters. The van der Waals surface area contributed by atoms with Crippen LogP contribution in [-0.4, -0.2) is 34.7 Å². The van der Waals surface area contributed by atoms with Crippen molar-refractivity contribution < 1.29 is 29.3 Å². The molecular weight excluding hydrogens is 552 g/mol. The molecule has 0 amide bonds. The van der Waals surface area contributed by atoms with E-state index in [2.05, 4.69) is 6.92 Å². The van der Waals surface area contributed by atoms with E-state index >= 15 is 0 Å². The molecule has 0 saturated heterocycles. The van der Waals surface area contributed by atoms with E-state index in [0.717, 1.165) is 25.3 Å². The van der Waals surface area contributed by atoms with E-state index in [1.54, 1.807) is 0 Å². The Labute approximate surface area is 271 Å². The number of carbonyl (C=O) groups is 3. The Hall–Kier alpha value is -1.85. The Morgan fingerprint density at radius 3 is 0.977 bits per heavy atom. The van der Waals surface area contributed by atoms with Gasteiger partial charge in [0.1, 0.15) is 0 Å². The molecule has 0 bridgehead atoms. The van der Waals surface area contributed by atoms with Crippen molar-refractivity contribution in [1.29, 1.82) is 0 Å². The van der Waals surface area contributed by atoms with Gasteiger partial charge in [0.15, 0.2) is 0 Å². The maximum Gasteiger partial charge on any atom is 0.332 e. The van der Waals surface area contributed by atoms with Gasteiger partial charge in [-0.2, -0.15) is 0 Å². The molecule has 0 radical (unpaired) electrons. The molecule has 0 fully saturated rings. The van der Waals surface area contributed by atoms with E-state index in [-0.39, 0.29) is 6.61 Å². The first-order chi connectivity index (χ1) is 21.5. The van der Waals surface area contributed by atoms with Crippen molar-refractivity contribution in [2.24, 2.45) is 0 Å². The maximum absolute atomic E-state index is 11.6. The maximum atomic E-state index is 11.6. The van der Waals surface area contributed by atoms with Crippen molar-refractivity contribution in [2.45, 2.75) is 206 Å². The van der Waals surface area contributed by atoms with Gasteiger partial charge in [0.05, 0.1) is 18.6 Å². The second kappa shape index (κ2) is 34.0. The summed E-state index contributed by atoms with van der Waals surface area (Å²) in [5, 5.41) is 17.6. The summed E-state index contributed by atoms with van der Waals surface area (Å²) < 4.78 is 5.00. The predicted molar refractivity (Wildman–Crippen MR) is 183 cm³/mol. The number of hydrogen-bond donors (Lipinski definition) is 2. The van der Waals surface area contributed by atoms with Gasteiger partial charge in [-0.05, 0) is 6.42 Å². The highest BCUT2D eigenvalue weighted by Gasteiger charge is 2.14. The third-order valence-electron chi connectivity index (χ3n) is 8.65. The highest BCUT2D eigenvalue weighted by Crippen LogP contribution is 2.16. The van der Waals surface area contributed by atoms with E-state index in [1.807, 2.05) is 0 Å². The van der Waals surface area contributed by atoms with Crippen LogP contribution in [0.2, 0.25) is 0 Å². The summed E-state index contributed by atoms with van der Waals surface area (Å²) in [5.74, 6) is -3.50. The smallest absolute Gasteiger partial charge is 0.332 e.